The molecule has 2 rings (SSSR count). The van der Waals surface area contributed by atoms with Gasteiger partial charge in [0.25, 0.3) is 5.79 Å². The van der Waals surface area contributed by atoms with E-state index in [9.17, 15) is 19.2 Å². The summed E-state index contributed by atoms with van der Waals surface area (Å²) in [5.74, 6) is -4.87. The third-order valence-corrected chi connectivity index (χ3v) is 4.90. The molecule has 0 aromatic rings. The van der Waals surface area contributed by atoms with E-state index in [1.165, 1.54) is 39.0 Å². The van der Waals surface area contributed by atoms with Crippen LogP contribution < -0.4 is 0 Å². The summed E-state index contributed by atoms with van der Waals surface area (Å²) in [6.07, 6.45) is 1.73. The molecule has 9 nitrogen and oxygen atoms in total. The van der Waals surface area contributed by atoms with Crippen LogP contribution in [-0.4, -0.2) is 56.1 Å². The quantitative estimate of drug-likeness (QED) is 0.281. The van der Waals surface area contributed by atoms with Crippen LogP contribution in [0.4, 0.5) is 0 Å². The fourth-order valence-corrected chi connectivity index (χ4v) is 3.24. The number of hydrogen-bond acceptors (Lipinski definition) is 9. The van der Waals surface area contributed by atoms with Gasteiger partial charge >= 0.3 is 23.9 Å². The molecule has 2 heterocycles. The number of carbonyl (C=O) groups is 4. The first-order chi connectivity index (χ1) is 13.0. The van der Waals surface area contributed by atoms with Crippen LogP contribution in [0.3, 0.4) is 0 Å². The molecule has 2 aliphatic rings. The zero-order chi connectivity index (χ0) is 21.3. The van der Waals surface area contributed by atoms with Gasteiger partial charge in [-0.3, -0.25) is 19.2 Å². The second-order valence-corrected chi connectivity index (χ2v) is 7.19. The predicted octanol–water partition coefficient (Wildman–Crippen LogP) is 1.06. The van der Waals surface area contributed by atoms with Gasteiger partial charge in [0.05, 0.1) is 14.2 Å². The highest BCUT2D eigenvalue weighted by molar-refractivity contribution is 6.03. The Morgan fingerprint density at radius 3 is 2.04 bits per heavy atom. The lowest BCUT2D eigenvalue weighted by molar-refractivity contribution is -0.257. The molecule has 0 radical (unpaired) electrons. The summed E-state index contributed by atoms with van der Waals surface area (Å²) in [5.41, 5.74) is -3.69. The zero-order valence-corrected chi connectivity index (χ0v) is 16.5. The van der Waals surface area contributed by atoms with Crippen molar-refractivity contribution in [3.8, 4) is 0 Å². The molecule has 0 aromatic carbocycles. The van der Waals surface area contributed by atoms with E-state index < -0.39 is 52.7 Å². The van der Waals surface area contributed by atoms with E-state index >= 15 is 0 Å². The van der Waals surface area contributed by atoms with E-state index in [2.05, 4.69) is 6.58 Å². The Labute approximate surface area is 162 Å². The number of methoxy groups -OCH3 is 2. The molecular formula is C19H24O9. The Bertz CT molecular complexity index is 698. The molecule has 0 unspecified atom stereocenters. The molecule has 1 saturated heterocycles. The Hall–Kier alpha value is -2.68. The Balaban J connectivity index is 2.40. The fourth-order valence-electron chi connectivity index (χ4n) is 3.24. The SMILES string of the molecule is C=CCC(C(=O)OC)(C(=O)OC)[C@@H]1C=C[C@H](C2(C)C(=O)OC(C)(C)OC2=O)O1. The highest BCUT2D eigenvalue weighted by Crippen LogP contribution is 2.43. The molecule has 9 heteroatoms. The van der Waals surface area contributed by atoms with E-state index in [1.807, 2.05) is 0 Å². The van der Waals surface area contributed by atoms with Crippen LogP contribution in [0.1, 0.15) is 27.2 Å². The van der Waals surface area contributed by atoms with Crippen molar-refractivity contribution in [1.29, 1.82) is 0 Å². The average Bonchev–Trinajstić information content (AvgIpc) is 3.12. The number of esters is 4. The van der Waals surface area contributed by atoms with Crippen LogP contribution in [0.15, 0.2) is 24.8 Å². The van der Waals surface area contributed by atoms with Gasteiger partial charge in [0, 0.05) is 13.8 Å². The van der Waals surface area contributed by atoms with E-state index in [0.717, 1.165) is 14.2 Å². The Morgan fingerprint density at radius 2 is 1.61 bits per heavy atom. The fraction of sp³-hybridized carbons (Fsp3) is 0.579. The summed E-state index contributed by atoms with van der Waals surface area (Å²) < 4.78 is 25.8. The van der Waals surface area contributed by atoms with E-state index in [1.54, 1.807) is 0 Å². The average molecular weight is 396 g/mol. The van der Waals surface area contributed by atoms with Crippen molar-refractivity contribution in [3.63, 3.8) is 0 Å². The first kappa shape index (κ1) is 21.6. The molecule has 0 aliphatic carbocycles. The van der Waals surface area contributed by atoms with Crippen molar-refractivity contribution < 1.29 is 42.9 Å². The van der Waals surface area contributed by atoms with Gasteiger partial charge in [0.15, 0.2) is 10.8 Å². The van der Waals surface area contributed by atoms with Crippen LogP contribution >= 0.6 is 0 Å². The Morgan fingerprint density at radius 1 is 1.11 bits per heavy atom. The lowest BCUT2D eigenvalue weighted by Gasteiger charge is -2.41. The van der Waals surface area contributed by atoms with Gasteiger partial charge in [-0.05, 0) is 13.3 Å². The predicted molar refractivity (Wildman–Crippen MR) is 93.5 cm³/mol. The number of hydrogen-bond donors (Lipinski definition) is 0. The highest BCUT2D eigenvalue weighted by atomic mass is 16.7. The van der Waals surface area contributed by atoms with Gasteiger partial charge in [-0.1, -0.05) is 18.2 Å². The first-order valence-corrected chi connectivity index (χ1v) is 8.58. The molecule has 2 atom stereocenters. The summed E-state index contributed by atoms with van der Waals surface area (Å²) >= 11 is 0. The lowest BCUT2D eigenvalue weighted by atomic mass is 9.78. The summed E-state index contributed by atoms with van der Waals surface area (Å²) in [7, 11) is 2.25. The van der Waals surface area contributed by atoms with Crippen LogP contribution in [0, 0.1) is 10.8 Å². The van der Waals surface area contributed by atoms with Gasteiger partial charge in [-0.25, -0.2) is 0 Å². The number of allylic oxidation sites excluding steroid dienone is 1. The normalized spacial score (nSPS) is 25.5. The smallest absolute Gasteiger partial charge is 0.329 e. The standard InChI is InChI=1S/C19H24O9/c1-7-10-19(15(22)24-5,16(23)25-6)12-9-8-11(26-12)18(4)13(20)27-17(2,3)28-14(18)21/h7-9,11-12H,1,10H2,2-6H3/t11-,12+/m1/s1. The van der Waals surface area contributed by atoms with Crippen molar-refractivity contribution >= 4 is 23.9 Å². The largest absolute Gasteiger partial charge is 0.468 e. The summed E-state index contributed by atoms with van der Waals surface area (Å²) in [6, 6.07) is 0. The van der Waals surface area contributed by atoms with Gasteiger partial charge in [-0.15, -0.1) is 6.58 Å². The van der Waals surface area contributed by atoms with E-state index in [-0.39, 0.29) is 6.42 Å². The van der Waals surface area contributed by atoms with Crippen LogP contribution in [-0.2, 0) is 42.9 Å². The second kappa shape index (κ2) is 7.38. The van der Waals surface area contributed by atoms with Crippen molar-refractivity contribution in [2.75, 3.05) is 14.2 Å². The minimum absolute atomic E-state index is 0.146. The summed E-state index contributed by atoms with van der Waals surface area (Å²) in [4.78, 5) is 50.1. The molecule has 0 spiro atoms. The third-order valence-electron chi connectivity index (χ3n) is 4.90. The van der Waals surface area contributed by atoms with Crippen LogP contribution in [0.25, 0.3) is 0 Å². The molecule has 0 amide bonds. The molecular weight excluding hydrogens is 372 g/mol. The molecule has 0 saturated carbocycles. The van der Waals surface area contributed by atoms with E-state index in [0.29, 0.717) is 0 Å². The summed E-state index contributed by atoms with van der Waals surface area (Å²) in [5, 5.41) is 0. The summed E-state index contributed by atoms with van der Waals surface area (Å²) in [6.45, 7) is 7.75. The van der Waals surface area contributed by atoms with Gasteiger partial charge in [0.2, 0.25) is 0 Å². The molecule has 0 N–H and O–H groups in total. The number of ether oxygens (including phenoxy) is 5. The van der Waals surface area contributed by atoms with Crippen molar-refractivity contribution in [2.24, 2.45) is 10.8 Å². The van der Waals surface area contributed by atoms with Crippen molar-refractivity contribution in [1.82, 2.24) is 0 Å². The minimum atomic E-state index is -1.88. The van der Waals surface area contributed by atoms with Crippen molar-refractivity contribution in [3.05, 3.63) is 24.8 Å². The van der Waals surface area contributed by atoms with Gasteiger partial charge < -0.3 is 23.7 Å². The minimum Gasteiger partial charge on any atom is -0.468 e. The molecule has 0 aromatic heterocycles. The monoisotopic (exact) mass is 396 g/mol. The van der Waals surface area contributed by atoms with E-state index in [4.69, 9.17) is 23.7 Å². The van der Waals surface area contributed by atoms with Gasteiger partial charge in [-0.2, -0.15) is 0 Å². The van der Waals surface area contributed by atoms with Crippen LogP contribution in [0.2, 0.25) is 0 Å². The molecule has 154 valence electrons. The molecule has 2 aliphatic heterocycles. The van der Waals surface area contributed by atoms with Crippen LogP contribution in [0.5, 0.6) is 0 Å². The first-order valence-electron chi connectivity index (χ1n) is 8.58. The molecule has 0 bridgehead atoms. The molecule has 28 heavy (non-hydrogen) atoms. The maximum atomic E-state index is 12.6. The lowest BCUT2D eigenvalue weighted by Crippen LogP contribution is -2.58. The number of rotatable bonds is 6. The highest BCUT2D eigenvalue weighted by Gasteiger charge is 2.62. The maximum absolute atomic E-state index is 12.6. The maximum Gasteiger partial charge on any atom is 0.329 e. The third kappa shape index (κ3) is 3.19. The van der Waals surface area contributed by atoms with Crippen molar-refractivity contribution in [2.45, 2.75) is 45.2 Å². The Kier molecular flexibility index (Phi) is 5.70. The molecule has 1 fully saturated rings. The topological polar surface area (TPSA) is 114 Å². The zero-order valence-electron chi connectivity index (χ0n) is 16.5. The number of cyclic esters (lactones) is 2. The number of carbonyl (C=O) groups excluding carboxylic acids is 4. The second-order valence-electron chi connectivity index (χ2n) is 7.19. The van der Waals surface area contributed by atoms with Gasteiger partial charge in [0.1, 0.15) is 12.2 Å².